The molecule has 7 aromatic carbocycles. The van der Waals surface area contributed by atoms with Crippen molar-refractivity contribution in [1.82, 2.24) is 19.5 Å². The zero-order chi connectivity index (χ0) is 40.4. The fraction of sp³-hybridized carbons (Fsp3) is 0. The van der Waals surface area contributed by atoms with Gasteiger partial charge in [0.25, 0.3) is 0 Å². The van der Waals surface area contributed by atoms with Gasteiger partial charge in [-0.25, -0.2) is 15.0 Å². The molecule has 0 N–H and O–H groups in total. The van der Waals surface area contributed by atoms with E-state index in [1.54, 1.807) is 0 Å². The van der Waals surface area contributed by atoms with Crippen LogP contribution in [0, 0.1) is 0 Å². The Bertz CT molecular complexity index is 3540. The van der Waals surface area contributed by atoms with Crippen molar-refractivity contribution >= 4 is 172 Å². The van der Waals surface area contributed by atoms with Crippen molar-refractivity contribution < 1.29 is 8.83 Å². The Labute approximate surface area is 348 Å². The maximum absolute atomic E-state index is 6.79. The molecule has 0 saturated heterocycles. The molecule has 0 radical (unpaired) electrons. The molecule has 4 aromatic heterocycles. The Hall–Kier alpha value is -6.53. The molecular formula is C45H34B8N4O2. The number of benzene rings is 7. The first kappa shape index (κ1) is 35.6. The lowest BCUT2D eigenvalue weighted by Gasteiger charge is -2.17. The highest BCUT2D eigenvalue weighted by Crippen LogP contribution is 2.39. The van der Waals surface area contributed by atoms with Crippen molar-refractivity contribution in [2.45, 2.75) is 0 Å². The summed E-state index contributed by atoms with van der Waals surface area (Å²) in [6, 6.07) is 37.1. The maximum atomic E-state index is 6.79. The highest BCUT2D eigenvalue weighted by atomic mass is 16.3. The highest BCUT2D eigenvalue weighted by molar-refractivity contribution is 6.71. The monoisotopic (exact) mass is 750 g/mol. The van der Waals surface area contributed by atoms with E-state index in [4.69, 9.17) is 23.8 Å². The van der Waals surface area contributed by atoms with E-state index in [-0.39, 0.29) is 0 Å². The molecule has 0 aliphatic carbocycles. The summed E-state index contributed by atoms with van der Waals surface area (Å²) >= 11 is 0. The van der Waals surface area contributed by atoms with E-state index in [0.29, 0.717) is 17.5 Å². The predicted octanol–water partition coefficient (Wildman–Crippen LogP) is -2.16. The number of hydrogen-bond donors (Lipinski definition) is 0. The Morgan fingerprint density at radius 3 is 1.68 bits per heavy atom. The number of fused-ring (bicyclic) bond motifs is 9. The van der Waals surface area contributed by atoms with Crippen LogP contribution in [-0.4, -0.2) is 82.3 Å². The van der Waals surface area contributed by atoms with E-state index in [9.17, 15) is 0 Å². The fourth-order valence-electron chi connectivity index (χ4n) is 9.51. The lowest BCUT2D eigenvalue weighted by atomic mass is 9.63. The molecule has 14 heteroatoms. The van der Waals surface area contributed by atoms with Crippen LogP contribution in [0.5, 0.6) is 0 Å². The molecule has 0 aliphatic rings. The Balaban J connectivity index is 1.16. The summed E-state index contributed by atoms with van der Waals surface area (Å²) in [6.07, 6.45) is 0. The molecule has 0 spiro atoms. The largest absolute Gasteiger partial charge is 0.456 e. The lowest BCUT2D eigenvalue weighted by Crippen LogP contribution is -2.49. The van der Waals surface area contributed by atoms with Gasteiger partial charge in [-0.3, -0.25) is 0 Å². The number of rotatable bonds is 4. The van der Waals surface area contributed by atoms with Gasteiger partial charge in [-0.1, -0.05) is 106 Å². The predicted molar refractivity (Wildman–Crippen MR) is 270 cm³/mol. The van der Waals surface area contributed by atoms with E-state index in [1.165, 1.54) is 65.5 Å². The van der Waals surface area contributed by atoms with Crippen molar-refractivity contribution in [3.8, 4) is 39.9 Å². The van der Waals surface area contributed by atoms with Crippen LogP contribution in [0.15, 0.2) is 118 Å². The van der Waals surface area contributed by atoms with Gasteiger partial charge in [-0.05, 0) is 47.2 Å². The third-order valence-corrected chi connectivity index (χ3v) is 13.3. The Morgan fingerprint density at radius 2 is 0.966 bits per heavy atom. The first-order chi connectivity index (χ1) is 28.6. The Kier molecular flexibility index (Phi) is 7.84. The van der Waals surface area contributed by atoms with Gasteiger partial charge >= 0.3 is 0 Å². The summed E-state index contributed by atoms with van der Waals surface area (Å²) in [4.78, 5) is 15.3. The molecule has 270 valence electrons. The normalized spacial score (nSPS) is 11.9. The third kappa shape index (κ3) is 5.08. The Morgan fingerprint density at radius 1 is 0.390 bits per heavy atom. The molecule has 0 atom stereocenters. The molecular weight excluding hydrogens is 715 g/mol. The van der Waals surface area contributed by atoms with Crippen LogP contribution < -0.4 is 43.7 Å². The molecule has 11 rings (SSSR count). The fourth-order valence-corrected chi connectivity index (χ4v) is 9.51. The number of furan rings is 2. The smallest absolute Gasteiger partial charge is 0.167 e. The summed E-state index contributed by atoms with van der Waals surface area (Å²) in [5.41, 5.74) is 20.0. The second-order valence-electron chi connectivity index (χ2n) is 16.2. The van der Waals surface area contributed by atoms with Gasteiger partial charge in [0.15, 0.2) is 17.5 Å². The van der Waals surface area contributed by atoms with Crippen molar-refractivity contribution in [3.05, 3.63) is 109 Å². The third-order valence-electron chi connectivity index (χ3n) is 13.3. The number of nitrogens with zero attached hydrogens (tertiary/aromatic N) is 4. The van der Waals surface area contributed by atoms with E-state index >= 15 is 0 Å². The molecule has 0 aliphatic heterocycles. The van der Waals surface area contributed by atoms with Crippen molar-refractivity contribution in [2.75, 3.05) is 0 Å². The first-order valence-electron chi connectivity index (χ1n) is 20.3. The van der Waals surface area contributed by atoms with E-state index < -0.39 is 0 Å². The standard InChI is InChI=1S/C45H34B8N4O2/c46-32-30-31-33(47)35(49)37(51)39(53)41(31)57(40(30)38(52)36(50)34(32)48)25-13-7-15-27-29(25)23-17-16-20(18-28(23)58-27)44-54-43(19-8-2-1-3-9-19)55-45(56-44)24-12-6-11-22-21-10-4-5-14-26(21)59-42(22)24/h1-18H,46-53H2. The van der Waals surface area contributed by atoms with Crippen LogP contribution in [0.25, 0.3) is 106 Å². The number of hydrogen-bond acceptors (Lipinski definition) is 5. The van der Waals surface area contributed by atoms with Gasteiger partial charge in [0.05, 0.1) is 16.6 Å². The molecule has 0 fully saturated rings. The summed E-state index contributed by atoms with van der Waals surface area (Å²) in [7, 11) is 18.2. The van der Waals surface area contributed by atoms with E-state index in [2.05, 4.69) is 116 Å². The molecule has 59 heavy (non-hydrogen) atoms. The van der Waals surface area contributed by atoms with Crippen molar-refractivity contribution in [3.63, 3.8) is 0 Å². The molecule has 6 nitrogen and oxygen atoms in total. The minimum atomic E-state index is 0.546. The maximum Gasteiger partial charge on any atom is 0.167 e. The zero-order valence-corrected chi connectivity index (χ0v) is 34.5. The van der Waals surface area contributed by atoms with Crippen LogP contribution in [-0.2, 0) is 0 Å². The number of aromatic nitrogens is 4. The molecule has 0 unspecified atom stereocenters. The summed E-state index contributed by atoms with van der Waals surface area (Å²) in [5.74, 6) is 1.69. The van der Waals surface area contributed by atoms with Gasteiger partial charge in [-0.2, -0.15) is 0 Å². The topological polar surface area (TPSA) is 69.9 Å². The first-order valence-corrected chi connectivity index (χ1v) is 20.3. The molecule has 0 bridgehead atoms. The summed E-state index contributed by atoms with van der Waals surface area (Å²) < 4.78 is 15.8. The lowest BCUT2D eigenvalue weighted by molar-refractivity contribution is 0.668. The number of para-hydroxylation sites is 2. The second kappa shape index (κ2) is 13.0. The van der Waals surface area contributed by atoms with Crippen LogP contribution in [0.4, 0.5) is 0 Å². The van der Waals surface area contributed by atoms with Gasteiger partial charge < -0.3 is 13.4 Å². The van der Waals surface area contributed by atoms with E-state index in [0.717, 1.165) is 66.3 Å². The van der Waals surface area contributed by atoms with Crippen LogP contribution in [0.3, 0.4) is 0 Å². The van der Waals surface area contributed by atoms with Crippen LogP contribution in [0.1, 0.15) is 0 Å². The van der Waals surface area contributed by atoms with E-state index in [1.807, 2.05) is 60.7 Å². The molecule has 4 heterocycles. The zero-order valence-electron chi connectivity index (χ0n) is 34.5. The molecule has 11 aromatic rings. The van der Waals surface area contributed by atoms with Crippen molar-refractivity contribution in [1.29, 1.82) is 0 Å². The quantitative estimate of drug-likeness (QED) is 0.192. The van der Waals surface area contributed by atoms with Gasteiger partial charge in [0.2, 0.25) is 0 Å². The van der Waals surface area contributed by atoms with Crippen LogP contribution in [0.2, 0.25) is 0 Å². The van der Waals surface area contributed by atoms with Gasteiger partial charge in [0, 0.05) is 38.3 Å². The summed E-state index contributed by atoms with van der Waals surface area (Å²) in [6.45, 7) is 0. The minimum Gasteiger partial charge on any atom is -0.456 e. The average Bonchev–Trinajstić information content (AvgIpc) is 3.96. The van der Waals surface area contributed by atoms with Gasteiger partial charge in [-0.15, -0.1) is 10.9 Å². The van der Waals surface area contributed by atoms with Crippen LogP contribution >= 0.6 is 0 Å². The minimum absolute atomic E-state index is 0.546. The van der Waals surface area contributed by atoms with Crippen molar-refractivity contribution in [2.24, 2.45) is 0 Å². The molecule has 0 saturated carbocycles. The summed E-state index contributed by atoms with van der Waals surface area (Å²) in [5, 5.41) is 6.88. The van der Waals surface area contributed by atoms with Gasteiger partial charge in [0.1, 0.15) is 85.1 Å². The molecule has 0 amide bonds. The second-order valence-corrected chi connectivity index (χ2v) is 16.2. The highest BCUT2D eigenvalue weighted by Gasteiger charge is 2.25. The average molecular weight is 749 g/mol. The SMILES string of the molecule is Bc1c(B)c(B)c2c(c1B)c1c(B)c(B)c(B)c(B)c1n2-c1cccc2oc3cc(-c4nc(-c5ccccc5)nc(-c5cccc6c5oc5ccccc56)n4)ccc3c12.